The smallest absolute Gasteiger partial charge is 0.239 e. The Hall–Kier alpha value is -1.83. The van der Waals surface area contributed by atoms with Crippen LogP contribution in [0.2, 0.25) is 0 Å². The van der Waals surface area contributed by atoms with Crippen molar-refractivity contribution in [3.63, 3.8) is 0 Å². The predicted molar refractivity (Wildman–Crippen MR) is 82.1 cm³/mol. The second-order valence-electron chi connectivity index (χ2n) is 5.42. The second-order valence-corrected chi connectivity index (χ2v) is 5.42. The molecule has 0 aliphatic carbocycles. The van der Waals surface area contributed by atoms with Crippen molar-refractivity contribution in [2.75, 3.05) is 40.4 Å². The third-order valence-electron chi connectivity index (χ3n) is 2.20. The van der Waals surface area contributed by atoms with Crippen molar-refractivity contribution >= 4 is 17.8 Å². The summed E-state index contributed by atoms with van der Waals surface area (Å²) in [5.41, 5.74) is -0.281. The van der Waals surface area contributed by atoms with Gasteiger partial charge in [-0.05, 0) is 20.8 Å². The van der Waals surface area contributed by atoms with E-state index in [4.69, 9.17) is 4.74 Å². The fourth-order valence-electron chi connectivity index (χ4n) is 1.37. The van der Waals surface area contributed by atoms with E-state index in [1.54, 1.807) is 14.2 Å². The van der Waals surface area contributed by atoms with Gasteiger partial charge in [-0.1, -0.05) is 0 Å². The molecule has 0 radical (unpaired) electrons. The van der Waals surface area contributed by atoms with Crippen molar-refractivity contribution in [1.82, 2.24) is 21.3 Å². The molecule has 0 bridgehead atoms. The lowest BCUT2D eigenvalue weighted by molar-refractivity contribution is -0.121. The highest BCUT2D eigenvalue weighted by Crippen LogP contribution is 1.96. The lowest BCUT2D eigenvalue weighted by Crippen LogP contribution is -2.49. The summed E-state index contributed by atoms with van der Waals surface area (Å²) in [6.07, 6.45) is 0. The first-order chi connectivity index (χ1) is 9.78. The van der Waals surface area contributed by atoms with E-state index in [-0.39, 0.29) is 30.4 Å². The highest BCUT2D eigenvalue weighted by molar-refractivity contribution is 5.89. The molecule has 0 fully saturated rings. The summed E-state index contributed by atoms with van der Waals surface area (Å²) in [5, 5.41) is 11.1. The van der Waals surface area contributed by atoms with Crippen LogP contribution < -0.4 is 21.3 Å². The summed E-state index contributed by atoms with van der Waals surface area (Å²) in [5.74, 6) is 0.0742. The molecule has 0 aromatic carbocycles. The van der Waals surface area contributed by atoms with Crippen LogP contribution >= 0.6 is 0 Å². The largest absolute Gasteiger partial charge is 0.383 e. The summed E-state index contributed by atoms with van der Waals surface area (Å²) in [6.45, 7) is 6.79. The molecular formula is C13H27N5O3. The van der Waals surface area contributed by atoms with Gasteiger partial charge < -0.3 is 26.0 Å². The fourth-order valence-corrected chi connectivity index (χ4v) is 1.37. The molecule has 21 heavy (non-hydrogen) atoms. The molecule has 0 rings (SSSR count). The molecule has 0 unspecified atom stereocenters. The minimum Gasteiger partial charge on any atom is -0.383 e. The van der Waals surface area contributed by atoms with E-state index in [0.29, 0.717) is 19.1 Å². The zero-order valence-corrected chi connectivity index (χ0v) is 13.5. The average Bonchev–Trinajstić information content (AvgIpc) is 2.37. The van der Waals surface area contributed by atoms with Crippen LogP contribution in [0.1, 0.15) is 20.8 Å². The molecule has 0 aliphatic heterocycles. The van der Waals surface area contributed by atoms with Crippen molar-refractivity contribution in [3.8, 4) is 0 Å². The first kappa shape index (κ1) is 19.2. The van der Waals surface area contributed by atoms with Crippen LogP contribution in [0.3, 0.4) is 0 Å². The molecule has 0 saturated heterocycles. The molecule has 0 heterocycles. The Morgan fingerprint density at radius 3 is 2.10 bits per heavy atom. The Balaban J connectivity index is 3.97. The highest BCUT2D eigenvalue weighted by Gasteiger charge is 2.13. The Kier molecular flexibility index (Phi) is 9.11. The second kappa shape index (κ2) is 9.98. The lowest BCUT2D eigenvalue weighted by Gasteiger charge is -2.21. The van der Waals surface area contributed by atoms with Gasteiger partial charge in [-0.3, -0.25) is 14.6 Å². The minimum atomic E-state index is -0.281. The first-order valence-electron chi connectivity index (χ1n) is 6.79. The van der Waals surface area contributed by atoms with Gasteiger partial charge in [0.25, 0.3) is 0 Å². The SMILES string of the molecule is CN=C(NCC(=O)NCCOC)NCC(=O)NC(C)(C)C. The fraction of sp³-hybridized carbons (Fsp3) is 0.769. The molecule has 8 nitrogen and oxygen atoms in total. The van der Waals surface area contributed by atoms with Crippen LogP contribution in [0.5, 0.6) is 0 Å². The topological polar surface area (TPSA) is 104 Å². The Labute approximate surface area is 126 Å². The average molecular weight is 301 g/mol. The summed E-state index contributed by atoms with van der Waals surface area (Å²) in [6, 6.07) is 0. The summed E-state index contributed by atoms with van der Waals surface area (Å²) >= 11 is 0. The number of ether oxygens (including phenoxy) is 1. The van der Waals surface area contributed by atoms with E-state index in [1.165, 1.54) is 0 Å². The van der Waals surface area contributed by atoms with Crippen LogP contribution in [0.15, 0.2) is 4.99 Å². The maximum absolute atomic E-state index is 11.6. The minimum absolute atomic E-state index is 0.0737. The number of nitrogens with one attached hydrogen (secondary N) is 4. The van der Waals surface area contributed by atoms with E-state index in [0.717, 1.165) is 0 Å². The van der Waals surface area contributed by atoms with Crippen molar-refractivity contribution < 1.29 is 14.3 Å². The molecule has 0 atom stereocenters. The number of methoxy groups -OCH3 is 1. The van der Waals surface area contributed by atoms with E-state index < -0.39 is 0 Å². The first-order valence-corrected chi connectivity index (χ1v) is 6.79. The summed E-state index contributed by atoms with van der Waals surface area (Å²) < 4.78 is 4.83. The maximum atomic E-state index is 11.6. The molecular weight excluding hydrogens is 274 g/mol. The van der Waals surface area contributed by atoms with Gasteiger partial charge >= 0.3 is 0 Å². The third kappa shape index (κ3) is 11.7. The number of amides is 2. The van der Waals surface area contributed by atoms with E-state index >= 15 is 0 Å². The number of carbonyl (C=O) groups is 2. The van der Waals surface area contributed by atoms with Gasteiger partial charge in [-0.2, -0.15) is 0 Å². The van der Waals surface area contributed by atoms with Gasteiger partial charge in [-0.15, -0.1) is 0 Å². The van der Waals surface area contributed by atoms with Crippen molar-refractivity contribution in [3.05, 3.63) is 0 Å². The molecule has 0 spiro atoms. The Morgan fingerprint density at radius 2 is 1.62 bits per heavy atom. The van der Waals surface area contributed by atoms with Crippen LogP contribution in [-0.2, 0) is 14.3 Å². The Bertz CT molecular complexity index is 363. The van der Waals surface area contributed by atoms with Gasteiger partial charge in [0.1, 0.15) is 0 Å². The zero-order chi connectivity index (χ0) is 16.3. The normalized spacial score (nSPS) is 11.8. The molecule has 4 N–H and O–H groups in total. The van der Waals surface area contributed by atoms with Crippen molar-refractivity contribution in [1.29, 1.82) is 0 Å². The lowest BCUT2D eigenvalue weighted by atomic mass is 10.1. The van der Waals surface area contributed by atoms with Crippen molar-refractivity contribution in [2.24, 2.45) is 4.99 Å². The van der Waals surface area contributed by atoms with Crippen LogP contribution in [0.25, 0.3) is 0 Å². The van der Waals surface area contributed by atoms with E-state index in [9.17, 15) is 9.59 Å². The summed E-state index contributed by atoms with van der Waals surface area (Å²) in [7, 11) is 3.14. The number of guanidine groups is 1. The molecule has 0 aliphatic rings. The number of hydrogen-bond donors (Lipinski definition) is 4. The van der Waals surface area contributed by atoms with Gasteiger partial charge in [0.15, 0.2) is 5.96 Å². The summed E-state index contributed by atoms with van der Waals surface area (Å²) in [4.78, 5) is 27.0. The maximum Gasteiger partial charge on any atom is 0.239 e. The molecule has 0 aromatic rings. The number of carbonyl (C=O) groups excluding carboxylic acids is 2. The van der Waals surface area contributed by atoms with Gasteiger partial charge in [0.05, 0.1) is 19.7 Å². The van der Waals surface area contributed by atoms with Crippen LogP contribution in [0, 0.1) is 0 Å². The molecule has 0 aromatic heterocycles. The third-order valence-corrected chi connectivity index (χ3v) is 2.20. The van der Waals surface area contributed by atoms with Gasteiger partial charge in [-0.25, -0.2) is 0 Å². The monoisotopic (exact) mass is 301 g/mol. The number of rotatable bonds is 7. The standard InChI is InChI=1S/C13H27N5O3/c1-13(2,3)18-11(20)9-17-12(14-4)16-8-10(19)15-6-7-21-5/h6-9H2,1-5H3,(H,15,19)(H,18,20)(H2,14,16,17). The Morgan fingerprint density at radius 1 is 1.05 bits per heavy atom. The molecule has 2 amide bonds. The molecule has 8 heteroatoms. The van der Waals surface area contributed by atoms with Gasteiger partial charge in [0, 0.05) is 26.2 Å². The number of nitrogens with zero attached hydrogens (tertiary/aromatic N) is 1. The van der Waals surface area contributed by atoms with Gasteiger partial charge in [0.2, 0.25) is 11.8 Å². The van der Waals surface area contributed by atoms with Crippen LogP contribution in [-0.4, -0.2) is 63.7 Å². The molecule has 122 valence electrons. The van der Waals surface area contributed by atoms with Crippen molar-refractivity contribution in [2.45, 2.75) is 26.3 Å². The zero-order valence-electron chi connectivity index (χ0n) is 13.5. The van der Waals surface area contributed by atoms with Crippen LogP contribution in [0.4, 0.5) is 0 Å². The van der Waals surface area contributed by atoms with E-state index in [2.05, 4.69) is 26.3 Å². The molecule has 0 saturated carbocycles. The predicted octanol–water partition coefficient (Wildman–Crippen LogP) is -1.17. The highest BCUT2D eigenvalue weighted by atomic mass is 16.5. The van der Waals surface area contributed by atoms with E-state index in [1.807, 2.05) is 20.8 Å². The quantitative estimate of drug-likeness (QED) is 0.269. The number of aliphatic imine (C=N–C) groups is 1. The number of hydrogen-bond acceptors (Lipinski definition) is 4.